The van der Waals surface area contributed by atoms with E-state index in [-0.39, 0.29) is 11.7 Å². The van der Waals surface area contributed by atoms with Crippen LogP contribution in [0.3, 0.4) is 0 Å². The number of hydrogen-bond acceptors (Lipinski definition) is 3. The van der Waals surface area contributed by atoms with Crippen LogP contribution >= 0.6 is 0 Å². The maximum absolute atomic E-state index is 11.8. The van der Waals surface area contributed by atoms with Crippen molar-refractivity contribution in [3.63, 3.8) is 0 Å². The summed E-state index contributed by atoms with van der Waals surface area (Å²) in [6.07, 6.45) is 3.86. The topological polar surface area (TPSA) is 67.2 Å². The van der Waals surface area contributed by atoms with E-state index in [1.54, 1.807) is 30.1 Å². The number of hydrogen-bond donors (Lipinski definition) is 2. The van der Waals surface area contributed by atoms with Gasteiger partial charge in [-0.25, -0.2) is 4.98 Å². The predicted octanol–water partition coefficient (Wildman–Crippen LogP) is 1.10. The van der Waals surface area contributed by atoms with Gasteiger partial charge >= 0.3 is 0 Å². The van der Waals surface area contributed by atoms with Gasteiger partial charge in [0.25, 0.3) is 5.91 Å². The average molecular weight is 245 g/mol. The third-order valence-electron chi connectivity index (χ3n) is 2.68. The highest BCUT2D eigenvalue weighted by Gasteiger charge is 2.08. The number of nitrogens with one attached hydrogen (secondary N) is 1. The Balaban J connectivity index is 1.84. The van der Waals surface area contributed by atoms with E-state index in [4.69, 9.17) is 5.11 Å². The van der Waals surface area contributed by atoms with Gasteiger partial charge in [-0.05, 0) is 24.1 Å². The molecule has 1 aromatic carbocycles. The van der Waals surface area contributed by atoms with Crippen LogP contribution in [0.5, 0.6) is 5.75 Å². The van der Waals surface area contributed by atoms with Gasteiger partial charge in [0.2, 0.25) is 0 Å². The molecule has 0 spiro atoms. The van der Waals surface area contributed by atoms with Crippen molar-refractivity contribution in [2.45, 2.75) is 6.42 Å². The molecule has 0 saturated heterocycles. The second-order valence-corrected chi connectivity index (χ2v) is 4.06. The average Bonchev–Trinajstić information content (AvgIpc) is 2.78. The zero-order valence-electron chi connectivity index (χ0n) is 10.1. The Morgan fingerprint density at radius 2 is 2.11 bits per heavy atom. The van der Waals surface area contributed by atoms with Crippen LogP contribution in [0.15, 0.2) is 36.8 Å². The van der Waals surface area contributed by atoms with Crippen LogP contribution in [0.1, 0.15) is 16.1 Å². The zero-order chi connectivity index (χ0) is 13.0. The molecule has 0 aliphatic rings. The largest absolute Gasteiger partial charge is 0.508 e. The van der Waals surface area contributed by atoms with Gasteiger partial charge in [0, 0.05) is 13.6 Å². The van der Waals surface area contributed by atoms with Crippen molar-refractivity contribution in [2.75, 3.05) is 6.54 Å². The lowest BCUT2D eigenvalue weighted by molar-refractivity contribution is 0.0946. The number of aromatic hydroxyl groups is 1. The van der Waals surface area contributed by atoms with E-state index >= 15 is 0 Å². The molecule has 0 bridgehead atoms. The number of aromatic nitrogens is 2. The van der Waals surface area contributed by atoms with Gasteiger partial charge < -0.3 is 15.0 Å². The van der Waals surface area contributed by atoms with Crippen molar-refractivity contribution in [3.8, 4) is 5.75 Å². The van der Waals surface area contributed by atoms with Crippen molar-refractivity contribution in [1.82, 2.24) is 14.9 Å². The Morgan fingerprint density at radius 1 is 1.39 bits per heavy atom. The molecule has 0 radical (unpaired) electrons. The highest BCUT2D eigenvalue weighted by molar-refractivity contribution is 5.92. The van der Waals surface area contributed by atoms with E-state index in [9.17, 15) is 4.79 Å². The Kier molecular flexibility index (Phi) is 3.62. The maximum Gasteiger partial charge on any atom is 0.269 e. The van der Waals surface area contributed by atoms with Crippen LogP contribution in [0.2, 0.25) is 0 Å². The van der Waals surface area contributed by atoms with E-state index in [2.05, 4.69) is 10.3 Å². The first-order valence-electron chi connectivity index (χ1n) is 5.69. The number of imidazole rings is 1. The number of phenols is 1. The lowest BCUT2D eigenvalue weighted by atomic mass is 10.1. The summed E-state index contributed by atoms with van der Waals surface area (Å²) in [6, 6.07) is 6.95. The highest BCUT2D eigenvalue weighted by Crippen LogP contribution is 2.09. The summed E-state index contributed by atoms with van der Waals surface area (Å²) in [5, 5.41) is 12.0. The van der Waals surface area contributed by atoms with Crippen molar-refractivity contribution >= 4 is 5.91 Å². The van der Waals surface area contributed by atoms with Gasteiger partial charge in [-0.15, -0.1) is 0 Å². The van der Waals surface area contributed by atoms with E-state index in [1.165, 1.54) is 6.20 Å². The number of aryl methyl sites for hydroxylation is 1. The molecule has 94 valence electrons. The lowest BCUT2D eigenvalue weighted by Gasteiger charge is -2.05. The molecule has 2 rings (SSSR count). The van der Waals surface area contributed by atoms with E-state index in [0.29, 0.717) is 12.2 Å². The van der Waals surface area contributed by atoms with Gasteiger partial charge in [-0.1, -0.05) is 12.1 Å². The molecule has 5 heteroatoms. The molecule has 0 unspecified atom stereocenters. The smallest absolute Gasteiger partial charge is 0.269 e. The fraction of sp³-hybridized carbons (Fsp3) is 0.231. The van der Waals surface area contributed by atoms with Crippen LogP contribution < -0.4 is 5.32 Å². The fourth-order valence-electron chi connectivity index (χ4n) is 1.65. The monoisotopic (exact) mass is 245 g/mol. The second-order valence-electron chi connectivity index (χ2n) is 4.06. The number of carbonyl (C=O) groups is 1. The van der Waals surface area contributed by atoms with Crippen LogP contribution in [-0.4, -0.2) is 27.1 Å². The summed E-state index contributed by atoms with van der Waals surface area (Å²) >= 11 is 0. The molecule has 0 aliphatic carbocycles. The van der Waals surface area contributed by atoms with Gasteiger partial charge in [0.05, 0.1) is 12.5 Å². The maximum atomic E-state index is 11.8. The first-order chi connectivity index (χ1) is 8.66. The molecular formula is C13H15N3O2. The van der Waals surface area contributed by atoms with Crippen molar-refractivity contribution in [2.24, 2.45) is 7.05 Å². The van der Waals surface area contributed by atoms with Crippen LogP contribution in [-0.2, 0) is 13.5 Å². The Bertz CT molecular complexity index is 531. The molecule has 5 nitrogen and oxygen atoms in total. The van der Waals surface area contributed by atoms with Crippen LogP contribution in [0, 0.1) is 0 Å². The summed E-state index contributed by atoms with van der Waals surface area (Å²) in [5.74, 6) is 0.117. The highest BCUT2D eigenvalue weighted by atomic mass is 16.3. The molecule has 0 aliphatic heterocycles. The standard InChI is InChI=1S/C13H15N3O2/c1-16-9-14-8-12(16)13(18)15-7-6-10-2-4-11(17)5-3-10/h2-5,8-9,17H,6-7H2,1H3,(H,15,18). The number of rotatable bonds is 4. The molecule has 2 aromatic rings. The van der Waals surface area contributed by atoms with E-state index in [0.717, 1.165) is 12.0 Å². The minimum atomic E-state index is -0.131. The summed E-state index contributed by atoms with van der Waals surface area (Å²) in [4.78, 5) is 15.7. The summed E-state index contributed by atoms with van der Waals surface area (Å²) in [6.45, 7) is 0.550. The Hall–Kier alpha value is -2.30. The fourth-order valence-corrected chi connectivity index (χ4v) is 1.65. The summed E-state index contributed by atoms with van der Waals surface area (Å²) in [5.41, 5.74) is 1.61. The number of carbonyl (C=O) groups excluding carboxylic acids is 1. The molecule has 1 aromatic heterocycles. The SMILES string of the molecule is Cn1cncc1C(=O)NCCc1ccc(O)cc1. The predicted molar refractivity (Wildman–Crippen MR) is 67.4 cm³/mol. The molecule has 0 atom stereocenters. The molecule has 0 fully saturated rings. The van der Waals surface area contributed by atoms with Crippen molar-refractivity contribution in [3.05, 3.63) is 48.0 Å². The van der Waals surface area contributed by atoms with E-state index < -0.39 is 0 Å². The number of phenolic OH excluding ortho intramolecular Hbond substituents is 1. The zero-order valence-corrected chi connectivity index (χ0v) is 10.1. The molecule has 0 saturated carbocycles. The number of amides is 1. The third kappa shape index (κ3) is 2.88. The molecule has 18 heavy (non-hydrogen) atoms. The summed E-state index contributed by atoms with van der Waals surface area (Å²) in [7, 11) is 1.78. The molecule has 1 heterocycles. The van der Waals surface area contributed by atoms with Gasteiger partial charge in [0.1, 0.15) is 11.4 Å². The Morgan fingerprint density at radius 3 is 2.72 bits per heavy atom. The van der Waals surface area contributed by atoms with Crippen LogP contribution in [0.25, 0.3) is 0 Å². The molecular weight excluding hydrogens is 230 g/mol. The van der Waals surface area contributed by atoms with Gasteiger partial charge in [0.15, 0.2) is 0 Å². The van der Waals surface area contributed by atoms with E-state index in [1.807, 2.05) is 12.1 Å². The second kappa shape index (κ2) is 5.35. The minimum Gasteiger partial charge on any atom is -0.508 e. The lowest BCUT2D eigenvalue weighted by Crippen LogP contribution is -2.27. The molecule has 2 N–H and O–H groups in total. The minimum absolute atomic E-state index is 0.131. The van der Waals surface area contributed by atoms with Crippen molar-refractivity contribution < 1.29 is 9.90 Å². The first-order valence-corrected chi connectivity index (χ1v) is 5.69. The van der Waals surface area contributed by atoms with Gasteiger partial charge in [-0.3, -0.25) is 4.79 Å². The molecule has 1 amide bonds. The number of nitrogens with zero attached hydrogens (tertiary/aromatic N) is 2. The Labute approximate surface area is 105 Å². The summed E-state index contributed by atoms with van der Waals surface area (Å²) < 4.78 is 1.68. The van der Waals surface area contributed by atoms with Crippen LogP contribution in [0.4, 0.5) is 0 Å². The first kappa shape index (κ1) is 12.2. The quantitative estimate of drug-likeness (QED) is 0.847. The normalized spacial score (nSPS) is 10.3. The third-order valence-corrected chi connectivity index (χ3v) is 2.68. The van der Waals surface area contributed by atoms with Crippen molar-refractivity contribution in [1.29, 1.82) is 0 Å². The van der Waals surface area contributed by atoms with Gasteiger partial charge in [-0.2, -0.15) is 0 Å². The number of benzene rings is 1.